The lowest BCUT2D eigenvalue weighted by atomic mass is 10.1. The highest BCUT2D eigenvalue weighted by molar-refractivity contribution is 6.36. The molecule has 0 aliphatic heterocycles. The van der Waals surface area contributed by atoms with Crippen LogP contribution in [0, 0.1) is 13.8 Å². The standard InChI is InChI=1S/C16H14Cl3N3O2/c1-8-12(14(19)21-9(2)13(8)18)15(23)22-16(24)20-7-10-5-3-4-6-11(10)17/h3-6H,7H2,1-2H3,(H2,20,22,23,24). The molecule has 0 aliphatic rings. The van der Waals surface area contributed by atoms with Gasteiger partial charge < -0.3 is 5.32 Å². The number of urea groups is 1. The van der Waals surface area contributed by atoms with Gasteiger partial charge in [-0.1, -0.05) is 53.0 Å². The minimum absolute atomic E-state index is 0.00851. The molecule has 2 aromatic rings. The first-order valence-corrected chi connectivity index (χ1v) is 8.09. The van der Waals surface area contributed by atoms with Crippen molar-refractivity contribution < 1.29 is 9.59 Å². The van der Waals surface area contributed by atoms with E-state index < -0.39 is 11.9 Å². The number of carbonyl (C=O) groups is 2. The molecule has 3 amide bonds. The van der Waals surface area contributed by atoms with Crippen LogP contribution in [0.25, 0.3) is 0 Å². The predicted molar refractivity (Wildman–Crippen MR) is 94.9 cm³/mol. The number of nitrogens with one attached hydrogen (secondary N) is 2. The van der Waals surface area contributed by atoms with Crippen molar-refractivity contribution in [2.24, 2.45) is 0 Å². The highest BCUT2D eigenvalue weighted by Gasteiger charge is 2.20. The van der Waals surface area contributed by atoms with Gasteiger partial charge in [0.15, 0.2) is 0 Å². The van der Waals surface area contributed by atoms with Gasteiger partial charge in [-0.15, -0.1) is 0 Å². The molecule has 126 valence electrons. The molecular weight excluding hydrogens is 373 g/mol. The number of carbonyl (C=O) groups excluding carboxylic acids is 2. The van der Waals surface area contributed by atoms with E-state index >= 15 is 0 Å². The third kappa shape index (κ3) is 4.17. The Balaban J connectivity index is 2.06. The van der Waals surface area contributed by atoms with Gasteiger partial charge in [0.2, 0.25) is 0 Å². The molecule has 0 bridgehead atoms. The molecule has 0 radical (unpaired) electrons. The Morgan fingerprint density at radius 3 is 2.46 bits per heavy atom. The molecular formula is C16H14Cl3N3O2. The van der Waals surface area contributed by atoms with Crippen LogP contribution >= 0.6 is 34.8 Å². The molecule has 0 atom stereocenters. The van der Waals surface area contributed by atoms with Gasteiger partial charge in [-0.05, 0) is 31.0 Å². The molecule has 1 aromatic carbocycles. The van der Waals surface area contributed by atoms with Crippen molar-refractivity contribution in [1.29, 1.82) is 0 Å². The van der Waals surface area contributed by atoms with Crippen LogP contribution in [-0.2, 0) is 6.54 Å². The second-order valence-electron chi connectivity index (χ2n) is 5.03. The highest BCUT2D eigenvalue weighted by Crippen LogP contribution is 2.27. The molecule has 1 heterocycles. The summed E-state index contributed by atoms with van der Waals surface area (Å²) in [5.74, 6) is -0.677. The number of halogens is 3. The number of nitrogens with zero attached hydrogens (tertiary/aromatic N) is 1. The van der Waals surface area contributed by atoms with Crippen molar-refractivity contribution in [3.63, 3.8) is 0 Å². The number of aryl methyl sites for hydroxylation is 1. The van der Waals surface area contributed by atoms with Gasteiger partial charge in [-0.3, -0.25) is 10.1 Å². The van der Waals surface area contributed by atoms with E-state index in [2.05, 4.69) is 15.6 Å². The van der Waals surface area contributed by atoms with Gasteiger partial charge in [0.1, 0.15) is 5.15 Å². The van der Waals surface area contributed by atoms with E-state index in [4.69, 9.17) is 34.8 Å². The average Bonchev–Trinajstić information content (AvgIpc) is 2.52. The van der Waals surface area contributed by atoms with Crippen molar-refractivity contribution in [2.75, 3.05) is 0 Å². The fourth-order valence-corrected chi connectivity index (χ4v) is 2.77. The summed E-state index contributed by atoms with van der Waals surface area (Å²) >= 11 is 18.1. The minimum atomic E-state index is -0.677. The van der Waals surface area contributed by atoms with E-state index in [1.165, 1.54) is 0 Å². The maximum atomic E-state index is 12.3. The second kappa shape index (κ2) is 7.83. The zero-order chi connectivity index (χ0) is 17.9. The molecule has 24 heavy (non-hydrogen) atoms. The summed E-state index contributed by atoms with van der Waals surface area (Å²) in [6.45, 7) is 3.50. The first-order chi connectivity index (χ1) is 11.3. The Labute approximate surface area is 154 Å². The number of hydrogen-bond acceptors (Lipinski definition) is 3. The second-order valence-corrected chi connectivity index (χ2v) is 6.17. The zero-order valence-electron chi connectivity index (χ0n) is 12.9. The number of benzene rings is 1. The van der Waals surface area contributed by atoms with Crippen LogP contribution in [-0.4, -0.2) is 16.9 Å². The smallest absolute Gasteiger partial charge is 0.321 e. The number of imide groups is 1. The molecule has 8 heteroatoms. The Kier molecular flexibility index (Phi) is 6.04. The van der Waals surface area contributed by atoms with Gasteiger partial charge in [0.05, 0.1) is 16.3 Å². The average molecular weight is 387 g/mol. The Hall–Kier alpha value is -1.82. The van der Waals surface area contributed by atoms with Gasteiger partial charge in [-0.25, -0.2) is 9.78 Å². The van der Waals surface area contributed by atoms with Crippen molar-refractivity contribution in [1.82, 2.24) is 15.6 Å². The number of hydrogen-bond donors (Lipinski definition) is 2. The summed E-state index contributed by atoms with van der Waals surface area (Å²) in [4.78, 5) is 28.2. The summed E-state index contributed by atoms with van der Waals surface area (Å²) in [6, 6.07) is 6.40. The maximum Gasteiger partial charge on any atom is 0.321 e. The fraction of sp³-hybridized carbons (Fsp3) is 0.188. The molecule has 0 unspecified atom stereocenters. The molecule has 0 saturated heterocycles. The van der Waals surface area contributed by atoms with Crippen molar-refractivity contribution in [3.8, 4) is 0 Å². The first kappa shape index (κ1) is 18.5. The van der Waals surface area contributed by atoms with Crippen LogP contribution < -0.4 is 10.6 Å². The molecule has 0 fully saturated rings. The summed E-state index contributed by atoms with van der Waals surface area (Å²) in [5, 5.41) is 5.60. The molecule has 0 spiro atoms. The van der Waals surface area contributed by atoms with Gasteiger partial charge in [0, 0.05) is 11.6 Å². The highest BCUT2D eigenvalue weighted by atomic mass is 35.5. The van der Waals surface area contributed by atoms with Crippen molar-refractivity contribution in [3.05, 3.63) is 61.8 Å². The Morgan fingerprint density at radius 2 is 1.79 bits per heavy atom. The lowest BCUT2D eigenvalue weighted by Gasteiger charge is -2.12. The van der Waals surface area contributed by atoms with E-state index in [-0.39, 0.29) is 17.3 Å². The Bertz CT molecular complexity index is 809. The third-order valence-corrected chi connectivity index (χ3v) is 4.54. The topological polar surface area (TPSA) is 71.1 Å². The van der Waals surface area contributed by atoms with Crippen molar-refractivity contribution in [2.45, 2.75) is 20.4 Å². The van der Waals surface area contributed by atoms with E-state index in [1.807, 2.05) is 0 Å². The van der Waals surface area contributed by atoms with Gasteiger partial charge in [-0.2, -0.15) is 0 Å². The normalized spacial score (nSPS) is 10.4. The fourth-order valence-electron chi connectivity index (χ4n) is 2.08. The van der Waals surface area contributed by atoms with Crippen LogP contribution in [0.3, 0.4) is 0 Å². The monoisotopic (exact) mass is 385 g/mol. The van der Waals surface area contributed by atoms with Gasteiger partial charge in [0.25, 0.3) is 5.91 Å². The zero-order valence-corrected chi connectivity index (χ0v) is 15.2. The largest absolute Gasteiger partial charge is 0.334 e. The van der Waals surface area contributed by atoms with Crippen LogP contribution in [0.5, 0.6) is 0 Å². The molecule has 2 rings (SSSR count). The molecule has 0 saturated carbocycles. The van der Waals surface area contributed by atoms with Gasteiger partial charge >= 0.3 is 6.03 Å². The van der Waals surface area contributed by atoms with E-state index in [0.717, 1.165) is 5.56 Å². The first-order valence-electron chi connectivity index (χ1n) is 6.96. The molecule has 1 aromatic heterocycles. The number of pyridine rings is 1. The number of aromatic nitrogens is 1. The van der Waals surface area contributed by atoms with E-state index in [0.29, 0.717) is 21.3 Å². The minimum Gasteiger partial charge on any atom is -0.334 e. The van der Waals surface area contributed by atoms with Crippen LogP contribution in [0.2, 0.25) is 15.2 Å². The summed E-state index contributed by atoms with van der Waals surface area (Å²) < 4.78 is 0. The lowest BCUT2D eigenvalue weighted by molar-refractivity contribution is 0.0963. The summed E-state index contributed by atoms with van der Waals surface area (Å²) in [6.07, 6.45) is 0. The lowest BCUT2D eigenvalue weighted by Crippen LogP contribution is -2.39. The number of amides is 3. The van der Waals surface area contributed by atoms with Crippen LogP contribution in [0.4, 0.5) is 4.79 Å². The summed E-state index contributed by atoms with van der Waals surface area (Å²) in [5.41, 5.74) is 1.78. The van der Waals surface area contributed by atoms with E-state index in [1.54, 1.807) is 38.1 Å². The van der Waals surface area contributed by atoms with E-state index in [9.17, 15) is 9.59 Å². The number of rotatable bonds is 3. The molecule has 2 N–H and O–H groups in total. The summed E-state index contributed by atoms with van der Waals surface area (Å²) in [7, 11) is 0. The Morgan fingerprint density at radius 1 is 1.12 bits per heavy atom. The quantitative estimate of drug-likeness (QED) is 0.773. The SMILES string of the molecule is Cc1nc(Cl)c(C(=O)NC(=O)NCc2ccccc2Cl)c(C)c1Cl. The predicted octanol–water partition coefficient (Wildman–Crippen LogP) is 4.30. The molecule has 0 aliphatic carbocycles. The van der Waals surface area contributed by atoms with Crippen molar-refractivity contribution >= 4 is 46.7 Å². The van der Waals surface area contributed by atoms with Crippen LogP contribution in [0.15, 0.2) is 24.3 Å². The third-order valence-electron chi connectivity index (χ3n) is 3.35. The molecule has 5 nitrogen and oxygen atoms in total. The van der Waals surface area contributed by atoms with Crippen LogP contribution in [0.1, 0.15) is 27.2 Å². The maximum absolute atomic E-state index is 12.3.